The fourth-order valence-electron chi connectivity index (χ4n) is 1.21. The number of hydrogen-bond donors (Lipinski definition) is 1. The second-order valence-electron chi connectivity index (χ2n) is 3.36. The highest BCUT2D eigenvalue weighted by Crippen LogP contribution is 2.31. The fourth-order valence-corrected chi connectivity index (χ4v) is 1.21. The van der Waals surface area contributed by atoms with Crippen LogP contribution in [0.4, 0.5) is 26.3 Å². The van der Waals surface area contributed by atoms with Gasteiger partial charge in [0, 0.05) is 6.20 Å². The zero-order valence-electron chi connectivity index (χ0n) is 8.31. The Bertz CT molecular complexity index is 384. The minimum atomic E-state index is -4.79. The highest BCUT2D eigenvalue weighted by molar-refractivity contribution is 5.23. The average Bonchev–Trinajstić information content (AvgIpc) is 2.15. The van der Waals surface area contributed by atoms with Crippen LogP contribution in [0, 0.1) is 0 Å². The first kappa shape index (κ1) is 13.8. The molecule has 1 rings (SSSR count). The van der Waals surface area contributed by atoms with Crippen molar-refractivity contribution in [1.29, 1.82) is 0 Å². The van der Waals surface area contributed by atoms with Crippen molar-refractivity contribution in [2.45, 2.75) is 24.8 Å². The van der Waals surface area contributed by atoms with E-state index in [9.17, 15) is 26.3 Å². The van der Waals surface area contributed by atoms with E-state index in [0.717, 1.165) is 18.3 Å². The summed E-state index contributed by atoms with van der Waals surface area (Å²) in [5.41, 5.74) is 2.88. The summed E-state index contributed by atoms with van der Waals surface area (Å²) in [6, 6.07) is -0.275. The number of rotatable bonds is 2. The Morgan fingerprint density at radius 1 is 1.18 bits per heavy atom. The van der Waals surface area contributed by atoms with Gasteiger partial charge in [0.25, 0.3) is 0 Å². The molecule has 0 amide bonds. The molecule has 1 atom stereocenters. The third-order valence-corrected chi connectivity index (χ3v) is 2.02. The molecule has 0 aliphatic carbocycles. The molecule has 0 aliphatic rings. The van der Waals surface area contributed by atoms with Crippen LogP contribution in [0.1, 0.15) is 11.3 Å². The predicted octanol–water partition coefficient (Wildman–Crippen LogP) is 2.53. The van der Waals surface area contributed by atoms with Gasteiger partial charge in [0.15, 0.2) is 0 Å². The second-order valence-corrected chi connectivity index (χ2v) is 3.36. The molecule has 1 aromatic heterocycles. The SMILES string of the molecule is NC(Cc1cccnc1C(F)(F)F)C(F)(F)F. The van der Waals surface area contributed by atoms with Gasteiger partial charge in [0.05, 0.1) is 0 Å². The Balaban J connectivity index is 3.00. The summed E-state index contributed by atoms with van der Waals surface area (Å²) in [5, 5.41) is 0. The molecular weight excluding hydrogens is 250 g/mol. The van der Waals surface area contributed by atoms with Crippen LogP contribution >= 0.6 is 0 Å². The Hall–Kier alpha value is -1.31. The van der Waals surface area contributed by atoms with Gasteiger partial charge in [0.1, 0.15) is 11.7 Å². The summed E-state index contributed by atoms with van der Waals surface area (Å²) in [7, 11) is 0. The monoisotopic (exact) mass is 258 g/mol. The Morgan fingerprint density at radius 3 is 2.24 bits per heavy atom. The molecule has 0 bridgehead atoms. The Kier molecular flexibility index (Phi) is 3.65. The maximum Gasteiger partial charge on any atom is 0.433 e. The van der Waals surface area contributed by atoms with E-state index >= 15 is 0 Å². The van der Waals surface area contributed by atoms with Crippen molar-refractivity contribution in [1.82, 2.24) is 4.98 Å². The molecule has 2 N–H and O–H groups in total. The molecule has 0 saturated carbocycles. The van der Waals surface area contributed by atoms with Gasteiger partial charge in [-0.1, -0.05) is 6.07 Å². The van der Waals surface area contributed by atoms with Crippen molar-refractivity contribution in [3.8, 4) is 0 Å². The molecule has 1 unspecified atom stereocenters. The number of aromatic nitrogens is 1. The van der Waals surface area contributed by atoms with Gasteiger partial charge >= 0.3 is 12.4 Å². The zero-order valence-corrected chi connectivity index (χ0v) is 8.31. The molecular formula is C9H8F6N2. The summed E-state index contributed by atoms with van der Waals surface area (Å²) < 4.78 is 73.6. The van der Waals surface area contributed by atoms with Gasteiger partial charge in [-0.25, -0.2) is 0 Å². The molecule has 0 spiro atoms. The van der Waals surface area contributed by atoms with E-state index in [4.69, 9.17) is 5.73 Å². The van der Waals surface area contributed by atoms with E-state index in [1.807, 2.05) is 0 Å². The lowest BCUT2D eigenvalue weighted by Crippen LogP contribution is -2.39. The second kappa shape index (κ2) is 4.52. The smallest absolute Gasteiger partial charge is 0.320 e. The summed E-state index contributed by atoms with van der Waals surface area (Å²) in [6.07, 6.45) is -9.61. The molecule has 1 heterocycles. The van der Waals surface area contributed by atoms with Crippen molar-refractivity contribution in [3.05, 3.63) is 29.6 Å². The van der Waals surface area contributed by atoms with Crippen LogP contribution in [0.5, 0.6) is 0 Å². The maximum absolute atomic E-state index is 12.4. The van der Waals surface area contributed by atoms with Crippen LogP contribution in [0.3, 0.4) is 0 Å². The molecule has 0 radical (unpaired) electrons. The Morgan fingerprint density at radius 2 is 1.76 bits per heavy atom. The van der Waals surface area contributed by atoms with Crippen molar-refractivity contribution < 1.29 is 26.3 Å². The topological polar surface area (TPSA) is 38.9 Å². The van der Waals surface area contributed by atoms with Crippen LogP contribution in [0.15, 0.2) is 18.3 Å². The summed E-state index contributed by atoms with van der Waals surface area (Å²) in [5.74, 6) is 0. The van der Waals surface area contributed by atoms with Crippen LogP contribution in [0.25, 0.3) is 0 Å². The van der Waals surface area contributed by atoms with E-state index < -0.39 is 36.1 Å². The average molecular weight is 258 g/mol. The minimum Gasteiger partial charge on any atom is -0.320 e. The van der Waals surface area contributed by atoms with E-state index in [2.05, 4.69) is 4.98 Å². The molecule has 2 nitrogen and oxygen atoms in total. The largest absolute Gasteiger partial charge is 0.433 e. The molecule has 96 valence electrons. The maximum atomic E-state index is 12.4. The van der Waals surface area contributed by atoms with Crippen molar-refractivity contribution in [3.63, 3.8) is 0 Å². The van der Waals surface area contributed by atoms with Crippen molar-refractivity contribution >= 4 is 0 Å². The fraction of sp³-hybridized carbons (Fsp3) is 0.444. The first-order valence-corrected chi connectivity index (χ1v) is 4.45. The number of pyridine rings is 1. The number of nitrogens with zero attached hydrogens (tertiary/aromatic N) is 1. The van der Waals surface area contributed by atoms with Gasteiger partial charge in [0.2, 0.25) is 0 Å². The van der Waals surface area contributed by atoms with Gasteiger partial charge < -0.3 is 5.73 Å². The highest BCUT2D eigenvalue weighted by Gasteiger charge is 2.40. The molecule has 8 heteroatoms. The number of alkyl halides is 6. The van der Waals surface area contributed by atoms with Gasteiger partial charge in [-0.15, -0.1) is 0 Å². The van der Waals surface area contributed by atoms with Crippen molar-refractivity contribution in [2.75, 3.05) is 0 Å². The molecule has 0 aromatic carbocycles. The molecule has 0 aliphatic heterocycles. The quantitative estimate of drug-likeness (QED) is 0.828. The molecule has 0 fully saturated rings. The molecule has 0 saturated heterocycles. The summed E-state index contributed by atoms with van der Waals surface area (Å²) in [4.78, 5) is 3.04. The molecule has 17 heavy (non-hydrogen) atoms. The van der Waals surface area contributed by atoms with Gasteiger partial charge in [-0.2, -0.15) is 26.3 Å². The standard InChI is InChI=1S/C9H8F6N2/c10-8(11,12)6(16)4-5-2-1-3-17-7(5)9(13,14)15/h1-3,6H,4,16H2. The lowest BCUT2D eigenvalue weighted by atomic mass is 10.0. The lowest BCUT2D eigenvalue weighted by Gasteiger charge is -2.17. The van der Waals surface area contributed by atoms with Crippen LogP contribution in [0.2, 0.25) is 0 Å². The van der Waals surface area contributed by atoms with Gasteiger partial charge in [-0.05, 0) is 18.1 Å². The zero-order chi connectivity index (χ0) is 13.3. The molecule has 1 aromatic rings. The van der Waals surface area contributed by atoms with E-state index in [0.29, 0.717) is 0 Å². The minimum absolute atomic E-state index is 0.565. The highest BCUT2D eigenvalue weighted by atomic mass is 19.4. The van der Waals surface area contributed by atoms with Crippen LogP contribution in [-0.2, 0) is 12.6 Å². The van der Waals surface area contributed by atoms with E-state index in [-0.39, 0.29) is 0 Å². The van der Waals surface area contributed by atoms with Gasteiger partial charge in [-0.3, -0.25) is 4.98 Å². The van der Waals surface area contributed by atoms with Crippen molar-refractivity contribution in [2.24, 2.45) is 5.73 Å². The van der Waals surface area contributed by atoms with E-state index in [1.54, 1.807) is 0 Å². The first-order chi connectivity index (χ1) is 7.62. The van der Waals surface area contributed by atoms with E-state index in [1.165, 1.54) is 0 Å². The summed E-state index contributed by atoms with van der Waals surface area (Å²) in [6.45, 7) is 0. The number of halogens is 6. The predicted molar refractivity (Wildman–Crippen MR) is 47.0 cm³/mol. The third-order valence-electron chi connectivity index (χ3n) is 2.02. The van der Waals surface area contributed by atoms with Crippen LogP contribution < -0.4 is 5.73 Å². The third kappa shape index (κ3) is 3.58. The number of hydrogen-bond acceptors (Lipinski definition) is 2. The summed E-state index contributed by atoms with van der Waals surface area (Å²) >= 11 is 0. The Labute approximate surface area is 92.4 Å². The normalized spacial score (nSPS) is 14.8. The van der Waals surface area contributed by atoms with Crippen LogP contribution in [-0.4, -0.2) is 17.2 Å². The number of nitrogens with two attached hydrogens (primary N) is 1. The first-order valence-electron chi connectivity index (χ1n) is 4.45. The lowest BCUT2D eigenvalue weighted by molar-refractivity contribution is -0.150.